The molecule has 0 saturated carbocycles. The molecule has 0 saturated heterocycles. The molecular weight excluding hydrogens is 935 g/mol. The van der Waals surface area contributed by atoms with E-state index >= 15 is 0 Å². The summed E-state index contributed by atoms with van der Waals surface area (Å²) in [6, 6.07) is 23.6. The van der Waals surface area contributed by atoms with Crippen LogP contribution in [0.5, 0.6) is 0 Å². The SMILES string of the molecule is [Ag+].[Ag+].[O-][Cl+3]([O-])([O-])[O-].[O-][Cl+3]([O-])([O-])[O-].c1ccc(-c2nnc(-c3ccccn3)c3c2CCC3)nc1.c1ccc(-c2nnc(-c3ccccn3)c3c2CCC3)nc1. The second-order valence-corrected chi connectivity index (χ2v) is 12.5. The Bertz CT molecular complexity index is 1760. The molecule has 20 heteroatoms. The van der Waals surface area contributed by atoms with E-state index in [9.17, 15) is 0 Å². The number of pyridine rings is 4. The van der Waals surface area contributed by atoms with Crippen LogP contribution in [-0.4, -0.2) is 40.3 Å². The number of hydrogen-bond acceptors (Lipinski definition) is 16. The van der Waals surface area contributed by atoms with Gasteiger partial charge in [0.15, 0.2) is 0 Å². The molecule has 2 aliphatic carbocycles. The van der Waals surface area contributed by atoms with Gasteiger partial charge < -0.3 is 0 Å². The number of nitrogens with zero attached hydrogens (tertiary/aromatic N) is 8. The van der Waals surface area contributed by atoms with Crippen molar-refractivity contribution in [2.75, 3.05) is 0 Å². The van der Waals surface area contributed by atoms with Crippen LogP contribution in [0.4, 0.5) is 0 Å². The topological polar surface area (TPSA) is 288 Å². The van der Waals surface area contributed by atoms with Gasteiger partial charge >= 0.3 is 44.8 Å². The summed E-state index contributed by atoms with van der Waals surface area (Å²) >= 11 is 0. The Morgan fingerprint density at radius 3 is 0.722 bits per heavy atom. The molecule has 0 bridgehead atoms. The standard InChI is InChI=1S/2C17H14N4.2Ag.2ClHO4/c2*1-3-10-18-14(8-1)16-12-6-5-7-13(12)17(21-20-16)15-9-2-4-11-19-15;;;2*2-1(3,4)5/h2*1-4,8-11H,5-7H2;;;2*(H,2,3,4,5)/q;;2*+1;;/p-2. The molecule has 0 spiro atoms. The zero-order valence-electron chi connectivity index (χ0n) is 27.7. The van der Waals surface area contributed by atoms with Crippen molar-refractivity contribution in [1.29, 1.82) is 0 Å². The van der Waals surface area contributed by atoms with Crippen LogP contribution in [0.15, 0.2) is 97.6 Å². The van der Waals surface area contributed by atoms with E-state index in [4.69, 9.17) is 37.3 Å². The third-order valence-electron chi connectivity index (χ3n) is 7.71. The number of halogens is 2. The molecule has 0 fully saturated rings. The summed E-state index contributed by atoms with van der Waals surface area (Å²) in [6.45, 7) is 0. The third-order valence-corrected chi connectivity index (χ3v) is 7.71. The van der Waals surface area contributed by atoms with Crippen molar-refractivity contribution in [3.05, 3.63) is 120 Å². The molecule has 0 atom stereocenters. The van der Waals surface area contributed by atoms with Gasteiger partial charge in [0.1, 0.15) is 22.8 Å². The van der Waals surface area contributed by atoms with E-state index in [0.29, 0.717) is 0 Å². The summed E-state index contributed by atoms with van der Waals surface area (Å²) in [7, 11) is -9.89. The second-order valence-electron chi connectivity index (χ2n) is 11.0. The monoisotopic (exact) mass is 960 g/mol. The minimum Gasteiger partial charge on any atom is -0.255 e. The van der Waals surface area contributed by atoms with Gasteiger partial charge in [-0.05, 0) is 109 Å². The fourth-order valence-electron chi connectivity index (χ4n) is 5.81. The fourth-order valence-corrected chi connectivity index (χ4v) is 5.81. The number of fused-ring (bicyclic) bond motifs is 2. The summed E-state index contributed by atoms with van der Waals surface area (Å²) in [5.74, 6) is 0. The first-order chi connectivity index (χ1) is 24.9. The largest absolute Gasteiger partial charge is 1.00 e. The van der Waals surface area contributed by atoms with Crippen molar-refractivity contribution in [3.8, 4) is 45.6 Å². The van der Waals surface area contributed by atoms with E-state index in [1.165, 1.54) is 22.3 Å². The van der Waals surface area contributed by atoms with Crippen LogP contribution in [0.3, 0.4) is 0 Å². The van der Waals surface area contributed by atoms with Crippen molar-refractivity contribution in [2.45, 2.75) is 38.5 Å². The summed E-state index contributed by atoms with van der Waals surface area (Å²) in [4.78, 5) is 17.6. The molecule has 0 radical (unpaired) electrons. The third kappa shape index (κ3) is 13.4. The van der Waals surface area contributed by atoms with Gasteiger partial charge in [-0.25, -0.2) is 37.3 Å². The Balaban J connectivity index is 0.000000226. The maximum atomic E-state index is 8.49. The second kappa shape index (κ2) is 21.0. The average molecular weight is 963 g/mol. The molecule has 6 aromatic rings. The summed E-state index contributed by atoms with van der Waals surface area (Å²) < 4.78 is 67.9. The molecule has 0 amide bonds. The van der Waals surface area contributed by atoms with Crippen molar-refractivity contribution in [1.82, 2.24) is 40.3 Å². The van der Waals surface area contributed by atoms with Crippen molar-refractivity contribution >= 4 is 0 Å². The molecule has 0 aliphatic heterocycles. The maximum absolute atomic E-state index is 8.49. The van der Waals surface area contributed by atoms with Gasteiger partial charge in [0, 0.05) is 24.8 Å². The molecule has 0 unspecified atom stereocenters. The molecular formula is C34H28Ag2Cl2N8O8. The summed E-state index contributed by atoms with van der Waals surface area (Å²) in [5.41, 5.74) is 12.4. The molecule has 8 rings (SSSR count). The Hall–Kier alpha value is -3.50. The van der Waals surface area contributed by atoms with Crippen LogP contribution in [0.25, 0.3) is 45.6 Å². The van der Waals surface area contributed by atoms with Crippen LogP contribution in [0.1, 0.15) is 35.1 Å². The van der Waals surface area contributed by atoms with Gasteiger partial charge in [-0.2, -0.15) is 0 Å². The summed E-state index contributed by atoms with van der Waals surface area (Å²) in [5, 5.41) is 17.8. The predicted octanol–water partition coefficient (Wildman–Crippen LogP) is -3.34. The zero-order chi connectivity index (χ0) is 37.1. The van der Waals surface area contributed by atoms with E-state index in [1.54, 1.807) is 24.8 Å². The van der Waals surface area contributed by atoms with Crippen LogP contribution in [0, 0.1) is 20.5 Å². The Kier molecular flexibility index (Phi) is 17.4. The molecule has 288 valence electrons. The number of aromatic nitrogens is 8. The molecule has 0 aromatic carbocycles. The number of rotatable bonds is 4. The van der Waals surface area contributed by atoms with Gasteiger partial charge in [0.2, 0.25) is 0 Å². The predicted molar refractivity (Wildman–Crippen MR) is 161 cm³/mol. The summed E-state index contributed by atoms with van der Waals surface area (Å²) in [6.07, 6.45) is 13.6. The quantitative estimate of drug-likeness (QED) is 0.156. The first-order valence-corrected chi connectivity index (χ1v) is 18.0. The van der Waals surface area contributed by atoms with E-state index in [0.717, 1.165) is 84.1 Å². The normalized spacial score (nSPS) is 12.4. The molecule has 6 aromatic heterocycles. The van der Waals surface area contributed by atoms with Gasteiger partial charge in [-0.3, -0.25) is 19.9 Å². The first kappa shape index (κ1) is 44.9. The van der Waals surface area contributed by atoms with Crippen LogP contribution >= 0.6 is 0 Å². The molecule has 54 heavy (non-hydrogen) atoms. The molecule has 2 aliphatic rings. The minimum atomic E-state index is -4.94. The maximum Gasteiger partial charge on any atom is 1.00 e. The average Bonchev–Trinajstić information content (AvgIpc) is 3.83. The number of hydrogen-bond donors (Lipinski definition) is 0. The zero-order valence-corrected chi connectivity index (χ0v) is 32.2. The Morgan fingerprint density at radius 2 is 0.556 bits per heavy atom. The van der Waals surface area contributed by atoms with Crippen molar-refractivity contribution in [2.24, 2.45) is 0 Å². The minimum absolute atomic E-state index is 0. The van der Waals surface area contributed by atoms with E-state index < -0.39 is 20.5 Å². The van der Waals surface area contributed by atoms with E-state index in [-0.39, 0.29) is 44.8 Å². The smallest absolute Gasteiger partial charge is 0.255 e. The molecule has 16 nitrogen and oxygen atoms in total. The van der Waals surface area contributed by atoms with Crippen LogP contribution in [0.2, 0.25) is 0 Å². The fraction of sp³-hybridized carbons (Fsp3) is 0.176. The van der Waals surface area contributed by atoms with Gasteiger partial charge in [0.25, 0.3) is 0 Å². The Morgan fingerprint density at radius 1 is 0.352 bits per heavy atom. The van der Waals surface area contributed by atoms with E-state index in [2.05, 4.69) is 40.3 Å². The van der Waals surface area contributed by atoms with E-state index in [1.807, 2.05) is 72.8 Å². The van der Waals surface area contributed by atoms with Gasteiger partial charge in [-0.1, -0.05) is 24.3 Å². The van der Waals surface area contributed by atoms with Crippen molar-refractivity contribution < 1.29 is 103 Å². The van der Waals surface area contributed by atoms with Gasteiger partial charge in [-0.15, -0.1) is 40.9 Å². The van der Waals surface area contributed by atoms with Gasteiger partial charge in [0.05, 0.1) is 22.8 Å². The molecule has 6 heterocycles. The Labute approximate surface area is 344 Å². The van der Waals surface area contributed by atoms with Crippen LogP contribution in [-0.2, 0) is 70.4 Å². The first-order valence-electron chi connectivity index (χ1n) is 15.5. The molecule has 0 N–H and O–H groups in total. The van der Waals surface area contributed by atoms with Crippen LogP contribution < -0.4 is 37.3 Å². The van der Waals surface area contributed by atoms with Crippen molar-refractivity contribution in [3.63, 3.8) is 0 Å².